The van der Waals surface area contributed by atoms with Crippen LogP contribution in [0.2, 0.25) is 0 Å². The number of hydrogen-bond acceptors (Lipinski definition) is 11. The fourth-order valence-corrected chi connectivity index (χ4v) is 4.78. The molecular formula is C30H18O11. The Hall–Kier alpha value is -6.10. The standard InChI is InChI=1S/C30H18O11/c31-13-3-1-12(2-4-13)16-11-40-30-26(19(35)9-20(36)27(30)28(16)38)24-15(5-6-17(33)29(24)39)22-10-21(37)25-18(34)7-14(32)8-23(25)41-22/h1-11,31-36,39H. The fraction of sp³-hybridized carbons (Fsp3) is 0. The molecule has 2 heterocycles. The molecule has 204 valence electrons. The van der Waals surface area contributed by atoms with Crippen LogP contribution in [0, 0.1) is 0 Å². The molecule has 0 aliphatic rings. The summed E-state index contributed by atoms with van der Waals surface area (Å²) in [4.78, 5) is 26.4. The average molecular weight is 554 g/mol. The lowest BCUT2D eigenvalue weighted by molar-refractivity contribution is 0.404. The van der Waals surface area contributed by atoms with E-state index in [9.17, 15) is 45.3 Å². The van der Waals surface area contributed by atoms with Crippen LogP contribution in [0.1, 0.15) is 0 Å². The van der Waals surface area contributed by atoms with E-state index in [4.69, 9.17) is 8.83 Å². The van der Waals surface area contributed by atoms with Gasteiger partial charge in [0.1, 0.15) is 57.1 Å². The van der Waals surface area contributed by atoms with Gasteiger partial charge in [-0.3, -0.25) is 9.59 Å². The largest absolute Gasteiger partial charge is 0.508 e. The first-order valence-corrected chi connectivity index (χ1v) is 11.9. The first kappa shape index (κ1) is 25.2. The van der Waals surface area contributed by atoms with Gasteiger partial charge in [-0.1, -0.05) is 12.1 Å². The Morgan fingerprint density at radius 2 is 1.29 bits per heavy atom. The topological polar surface area (TPSA) is 202 Å². The van der Waals surface area contributed by atoms with Crippen LogP contribution in [0.3, 0.4) is 0 Å². The van der Waals surface area contributed by atoms with Crippen molar-refractivity contribution in [3.8, 4) is 73.8 Å². The zero-order chi connectivity index (χ0) is 29.2. The van der Waals surface area contributed by atoms with E-state index in [-0.39, 0.29) is 55.7 Å². The lowest BCUT2D eigenvalue weighted by atomic mass is 9.93. The van der Waals surface area contributed by atoms with Crippen LogP contribution < -0.4 is 10.9 Å². The average Bonchev–Trinajstić information content (AvgIpc) is 2.91. The van der Waals surface area contributed by atoms with Gasteiger partial charge < -0.3 is 44.6 Å². The summed E-state index contributed by atoms with van der Waals surface area (Å²) in [6, 6.07) is 11.9. The van der Waals surface area contributed by atoms with Gasteiger partial charge in [-0.2, -0.15) is 0 Å². The molecule has 11 heteroatoms. The first-order valence-electron chi connectivity index (χ1n) is 11.9. The molecule has 0 spiro atoms. The zero-order valence-electron chi connectivity index (χ0n) is 20.6. The molecule has 7 N–H and O–H groups in total. The summed E-state index contributed by atoms with van der Waals surface area (Å²) >= 11 is 0. The van der Waals surface area contributed by atoms with Gasteiger partial charge in [0.25, 0.3) is 0 Å². The maximum atomic E-state index is 13.5. The smallest absolute Gasteiger partial charge is 0.204 e. The Bertz CT molecular complexity index is 2160. The summed E-state index contributed by atoms with van der Waals surface area (Å²) in [6.07, 6.45) is 1.07. The SMILES string of the molecule is O=c1cc(-c2ccc(O)c(O)c2-c2c(O)cc(O)c3c(=O)c(-c4ccc(O)cc4)coc23)oc2cc(O)cc(O)c12. The van der Waals surface area contributed by atoms with Gasteiger partial charge >= 0.3 is 0 Å². The second kappa shape index (κ2) is 8.99. The van der Waals surface area contributed by atoms with Gasteiger partial charge in [0.2, 0.25) is 5.43 Å². The molecule has 0 unspecified atom stereocenters. The molecule has 0 aliphatic heterocycles. The third kappa shape index (κ3) is 3.91. The van der Waals surface area contributed by atoms with Crippen LogP contribution >= 0.6 is 0 Å². The van der Waals surface area contributed by atoms with Gasteiger partial charge in [0, 0.05) is 35.4 Å². The number of aromatic hydroxyl groups is 7. The Morgan fingerprint density at radius 3 is 2.02 bits per heavy atom. The first-order chi connectivity index (χ1) is 19.5. The van der Waals surface area contributed by atoms with E-state index in [0.717, 1.165) is 36.6 Å². The summed E-state index contributed by atoms with van der Waals surface area (Å²) in [6.45, 7) is 0. The van der Waals surface area contributed by atoms with Crippen molar-refractivity contribution in [2.45, 2.75) is 0 Å². The molecule has 6 rings (SSSR count). The van der Waals surface area contributed by atoms with Crippen molar-refractivity contribution in [1.82, 2.24) is 0 Å². The molecule has 11 nitrogen and oxygen atoms in total. The van der Waals surface area contributed by atoms with Crippen LogP contribution in [0.5, 0.6) is 40.2 Å². The number of benzene rings is 4. The van der Waals surface area contributed by atoms with E-state index in [2.05, 4.69) is 0 Å². The van der Waals surface area contributed by atoms with Crippen molar-refractivity contribution in [3.63, 3.8) is 0 Å². The lowest BCUT2D eigenvalue weighted by Gasteiger charge is -2.16. The van der Waals surface area contributed by atoms with Crippen molar-refractivity contribution in [1.29, 1.82) is 0 Å². The minimum Gasteiger partial charge on any atom is -0.508 e. The van der Waals surface area contributed by atoms with E-state index in [1.54, 1.807) is 0 Å². The third-order valence-electron chi connectivity index (χ3n) is 6.65. The Morgan fingerprint density at radius 1 is 0.585 bits per heavy atom. The summed E-state index contributed by atoms with van der Waals surface area (Å²) < 4.78 is 11.5. The minimum atomic E-state index is -0.781. The molecule has 0 atom stereocenters. The van der Waals surface area contributed by atoms with Crippen molar-refractivity contribution >= 4 is 21.9 Å². The highest BCUT2D eigenvalue weighted by molar-refractivity contribution is 6.05. The monoisotopic (exact) mass is 554 g/mol. The van der Waals surface area contributed by atoms with Gasteiger partial charge in [-0.05, 0) is 29.8 Å². The van der Waals surface area contributed by atoms with Crippen molar-refractivity contribution in [2.24, 2.45) is 0 Å². The maximum absolute atomic E-state index is 13.5. The molecule has 0 radical (unpaired) electrons. The molecule has 0 saturated heterocycles. The molecular weight excluding hydrogens is 536 g/mol. The van der Waals surface area contributed by atoms with E-state index in [1.807, 2.05) is 0 Å². The quantitative estimate of drug-likeness (QED) is 0.148. The normalized spacial score (nSPS) is 11.3. The second-order valence-corrected chi connectivity index (χ2v) is 9.19. The number of phenols is 7. The summed E-state index contributed by atoms with van der Waals surface area (Å²) in [5, 5.41) is 72.0. The summed E-state index contributed by atoms with van der Waals surface area (Å²) in [5.74, 6) is -3.87. The molecule has 2 aromatic heterocycles. The van der Waals surface area contributed by atoms with E-state index < -0.39 is 45.4 Å². The van der Waals surface area contributed by atoms with Crippen LogP contribution in [0.25, 0.3) is 55.5 Å². The van der Waals surface area contributed by atoms with Crippen molar-refractivity contribution in [3.05, 3.63) is 87.4 Å². The van der Waals surface area contributed by atoms with Crippen LogP contribution in [-0.4, -0.2) is 35.7 Å². The summed E-state index contributed by atoms with van der Waals surface area (Å²) in [7, 11) is 0. The summed E-state index contributed by atoms with van der Waals surface area (Å²) in [5.41, 5.74) is -2.31. The van der Waals surface area contributed by atoms with Crippen LogP contribution in [-0.2, 0) is 0 Å². The van der Waals surface area contributed by atoms with E-state index in [0.29, 0.717) is 5.56 Å². The Balaban J connectivity index is 1.68. The molecule has 0 bridgehead atoms. The number of rotatable bonds is 3. The zero-order valence-corrected chi connectivity index (χ0v) is 20.6. The minimum absolute atomic E-state index is 0.0185. The van der Waals surface area contributed by atoms with Gasteiger partial charge in [-0.25, -0.2) is 0 Å². The molecule has 0 fully saturated rings. The Labute approximate surface area is 227 Å². The molecule has 6 aromatic rings. The van der Waals surface area contributed by atoms with E-state index >= 15 is 0 Å². The highest BCUT2D eigenvalue weighted by atomic mass is 16.3. The van der Waals surface area contributed by atoms with Crippen molar-refractivity contribution < 1.29 is 44.6 Å². The predicted molar refractivity (Wildman–Crippen MR) is 146 cm³/mol. The number of phenolic OH excluding ortho intramolecular Hbond substituents is 7. The van der Waals surface area contributed by atoms with Crippen molar-refractivity contribution in [2.75, 3.05) is 0 Å². The van der Waals surface area contributed by atoms with Gasteiger partial charge in [0.15, 0.2) is 22.5 Å². The van der Waals surface area contributed by atoms with Crippen LogP contribution in [0.15, 0.2) is 85.4 Å². The Kier molecular flexibility index (Phi) is 5.52. The second-order valence-electron chi connectivity index (χ2n) is 9.19. The van der Waals surface area contributed by atoms with Crippen LogP contribution in [0.4, 0.5) is 0 Å². The number of hydrogen-bond donors (Lipinski definition) is 7. The van der Waals surface area contributed by atoms with Gasteiger partial charge in [0.05, 0.1) is 11.1 Å². The van der Waals surface area contributed by atoms with E-state index in [1.165, 1.54) is 30.3 Å². The maximum Gasteiger partial charge on any atom is 0.204 e. The molecule has 0 saturated carbocycles. The lowest BCUT2D eigenvalue weighted by Crippen LogP contribution is -2.06. The highest BCUT2D eigenvalue weighted by Crippen LogP contribution is 2.50. The molecule has 0 aliphatic carbocycles. The highest BCUT2D eigenvalue weighted by Gasteiger charge is 2.27. The predicted octanol–water partition coefficient (Wildman–Crippen LogP) is 4.84. The molecule has 4 aromatic carbocycles. The number of fused-ring (bicyclic) bond motifs is 2. The van der Waals surface area contributed by atoms with Gasteiger partial charge in [-0.15, -0.1) is 0 Å². The fourth-order valence-electron chi connectivity index (χ4n) is 4.78. The molecule has 41 heavy (non-hydrogen) atoms. The third-order valence-corrected chi connectivity index (χ3v) is 6.65. The molecule has 0 amide bonds.